The van der Waals surface area contributed by atoms with Crippen LogP contribution in [0, 0.1) is 0 Å². The molecule has 0 bridgehead atoms. The van der Waals surface area contributed by atoms with Gasteiger partial charge in [0.15, 0.2) is 0 Å². The van der Waals surface area contributed by atoms with E-state index in [1.54, 1.807) is 4.57 Å². The van der Waals surface area contributed by atoms with Crippen LogP contribution in [0.2, 0.25) is 0 Å². The Bertz CT molecular complexity index is 6130. The Labute approximate surface area is 600 Å². The number of ether oxygens (including phenoxy) is 1. The van der Waals surface area contributed by atoms with E-state index in [1.165, 1.54) is 22.3 Å². The Balaban J connectivity index is 1.08. The molecule has 0 N–H and O–H groups in total. The lowest BCUT2D eigenvalue weighted by molar-refractivity contribution is 0.435. The fourth-order valence-electron chi connectivity index (χ4n) is 16.6. The number of aromatic nitrogens is 2. The highest BCUT2D eigenvalue weighted by Gasteiger charge is 2.55. The minimum atomic E-state index is -1.29. The normalized spacial score (nSPS) is 15.0. The summed E-state index contributed by atoms with van der Waals surface area (Å²) in [4.78, 5) is 2.62. The van der Waals surface area contributed by atoms with E-state index in [4.69, 9.17) is 7.48 Å². The number of nitrogens with zero attached hydrogens (tertiary/aromatic N) is 3. The lowest BCUT2D eigenvalue weighted by Crippen LogP contribution is -2.65. The molecule has 2 aromatic heterocycles. The molecule has 0 amide bonds. The number of hydrogen-bond acceptors (Lipinski definition) is 2. The van der Waals surface area contributed by atoms with Gasteiger partial charge in [-0.15, -0.1) is 0 Å². The predicted molar refractivity (Wildman–Crippen MR) is 424 cm³/mol. The molecule has 0 fully saturated rings. The van der Waals surface area contributed by atoms with Gasteiger partial charge in [-0.25, -0.2) is 0 Å². The number of benzene rings is 13. The van der Waals surface area contributed by atoms with Gasteiger partial charge in [0.05, 0.1) is 44.1 Å². The van der Waals surface area contributed by atoms with Gasteiger partial charge in [0, 0.05) is 66.5 Å². The molecule has 5 heteroatoms. The highest BCUT2D eigenvalue weighted by atomic mass is 16.5. The second-order valence-electron chi connectivity index (χ2n) is 31.9. The summed E-state index contributed by atoms with van der Waals surface area (Å²) >= 11 is 0. The summed E-state index contributed by atoms with van der Waals surface area (Å²) in [6, 6.07) is 81.2. The lowest BCUT2D eigenvalue weighted by Gasteiger charge is -2.50. The van der Waals surface area contributed by atoms with E-state index in [9.17, 15) is 8.22 Å². The molecule has 0 saturated carbocycles. The van der Waals surface area contributed by atoms with Crippen molar-refractivity contribution in [2.75, 3.05) is 4.90 Å². The Morgan fingerprint density at radius 2 is 0.820 bits per heavy atom. The Morgan fingerprint density at radius 3 is 1.38 bits per heavy atom. The molecule has 15 aromatic rings. The highest BCUT2D eigenvalue weighted by Crippen LogP contribution is 2.59. The first-order valence-electron chi connectivity index (χ1n) is 39.1. The van der Waals surface area contributed by atoms with Crippen LogP contribution in [0.1, 0.15) is 139 Å². The number of rotatable bonds is 6. The van der Waals surface area contributed by atoms with Crippen LogP contribution in [0.4, 0.5) is 17.1 Å². The number of hydrogen-bond donors (Lipinski definition) is 0. The Hall–Kier alpha value is -10.9. The number of para-hydroxylation sites is 4. The van der Waals surface area contributed by atoms with Gasteiger partial charge in [0.1, 0.15) is 11.5 Å². The summed E-state index contributed by atoms with van der Waals surface area (Å²) in [6.07, 6.45) is 0. The zero-order valence-electron chi connectivity index (χ0n) is 66.8. The van der Waals surface area contributed by atoms with Crippen molar-refractivity contribution < 1.29 is 15.7 Å². The maximum Gasteiger partial charge on any atom is 0.247 e. The maximum atomic E-state index is 9.87. The van der Waals surface area contributed by atoms with Crippen LogP contribution in [0.3, 0.4) is 0 Å². The average molecular weight is 1300 g/mol. The van der Waals surface area contributed by atoms with Crippen LogP contribution in [-0.4, -0.2) is 15.8 Å². The summed E-state index contributed by atoms with van der Waals surface area (Å²) in [5.41, 5.74) is 22.3. The minimum Gasteiger partial charge on any atom is -0.457 e. The molecule has 0 unspecified atom stereocenters. The fraction of sp³-hybridized carbons (Fsp3) is 0.179. The number of fused-ring (bicyclic) bond motifs is 16. The third-order valence-electron chi connectivity index (χ3n) is 21.7. The average Bonchev–Trinajstić information content (AvgIpc) is 0.692. The van der Waals surface area contributed by atoms with Crippen LogP contribution in [0.25, 0.3) is 88.4 Å². The predicted octanol–water partition coefficient (Wildman–Crippen LogP) is 23.2. The smallest absolute Gasteiger partial charge is 0.247 e. The molecule has 3 aliphatic rings. The van der Waals surface area contributed by atoms with Crippen molar-refractivity contribution in [1.29, 1.82) is 0 Å². The Morgan fingerprint density at radius 1 is 0.340 bits per heavy atom. The van der Waals surface area contributed by atoms with Crippen LogP contribution < -0.4 is 26.0 Å². The molecule has 1 spiro atoms. The van der Waals surface area contributed by atoms with E-state index < -0.39 is 48.4 Å². The van der Waals surface area contributed by atoms with Gasteiger partial charge in [-0.1, -0.05) is 276 Å². The van der Waals surface area contributed by atoms with Gasteiger partial charge < -0.3 is 18.8 Å². The van der Waals surface area contributed by atoms with Crippen molar-refractivity contribution in [3.63, 3.8) is 0 Å². The van der Waals surface area contributed by atoms with Crippen molar-refractivity contribution in [2.45, 2.75) is 110 Å². The first-order valence-corrected chi connectivity index (χ1v) is 35.1. The Kier molecular flexibility index (Phi) is 11.7. The maximum absolute atomic E-state index is 9.87. The summed E-state index contributed by atoms with van der Waals surface area (Å²) in [5, 5.41) is 2.30. The molecule has 0 saturated heterocycles. The quantitative estimate of drug-likeness (QED) is 0.155. The van der Waals surface area contributed by atoms with E-state index in [0.29, 0.717) is 17.2 Å². The van der Waals surface area contributed by atoms with Gasteiger partial charge in [-0.3, -0.25) is 0 Å². The lowest BCUT2D eigenvalue weighted by atomic mass is 9.29. The van der Waals surface area contributed by atoms with Gasteiger partial charge >= 0.3 is 0 Å². The van der Waals surface area contributed by atoms with Crippen molar-refractivity contribution in [2.24, 2.45) is 0 Å². The van der Waals surface area contributed by atoms with Crippen LogP contribution >= 0.6 is 0 Å². The topological polar surface area (TPSA) is 22.3 Å². The van der Waals surface area contributed by atoms with Crippen molar-refractivity contribution >= 4 is 83.8 Å². The first kappa shape index (κ1) is 53.1. The number of anilines is 3. The molecular formula is C95H82BN3O. The van der Waals surface area contributed by atoms with Gasteiger partial charge in [-0.2, -0.15) is 0 Å². The molecule has 18 rings (SSSR count). The molecule has 0 atom stereocenters. The largest absolute Gasteiger partial charge is 0.457 e. The van der Waals surface area contributed by atoms with Crippen molar-refractivity contribution in [1.82, 2.24) is 9.13 Å². The monoisotopic (exact) mass is 1300 g/mol. The van der Waals surface area contributed by atoms with Crippen LogP contribution in [0.15, 0.2) is 279 Å². The van der Waals surface area contributed by atoms with Gasteiger partial charge in [0.2, 0.25) is 6.71 Å². The minimum absolute atomic E-state index is 0.0117. The van der Waals surface area contributed by atoms with Crippen molar-refractivity contribution in [3.8, 4) is 56.3 Å². The van der Waals surface area contributed by atoms with E-state index in [2.05, 4.69) is 305 Å². The molecule has 0 aliphatic carbocycles. The first-order chi connectivity index (χ1) is 51.4. The molecule has 5 heterocycles. The SMILES string of the molecule is [2H]c1c([2H])c([2H])c2c(c1[2H])c1c([2H])c([2H])c([2H])c([2H])c1n2-c1ccc2c(c1)C1(c3ccccc3Oc3ccccc31)c1cc(-n3c4ccc(C(C)(C)C)cc4c4cc(C(C)(C)C)ccc43)cc3c1B2c1ccc(-c2cccc(C(C)(C)C)c2)cc1N3c1c(-c2ccccc2)cc(C(C)(C)C)cc1-c1ccccc1. The standard InChI is InChI=1S/C95H82BN3O/c1-91(2,3)63-33-27-32-61(50-63)62-42-46-80-85(51-62)99(90-71(59-28-15-13-16-29-59)54-66(94(10,11)12)55-72(90)60-30-17-14-18-31-60)86-58-68(98-83-48-43-64(92(4,5)6)52-73(83)74-53-65(93(7,8)9)44-49-84(74)98)57-78-89(86)96(80)79-47-45-67(97-81-38-23-19-34-69(81)70-35-20-24-39-82(70)97)56-77(79)95(78)75-36-21-25-40-87(75)100-88-41-26-22-37-76(88)95/h13-58H,1-12H3/i19D,20D,23D,24D,34D,35D,38D,39D. The summed E-state index contributed by atoms with van der Waals surface area (Å²) < 4.78 is 87.1. The third-order valence-corrected chi connectivity index (χ3v) is 21.7. The summed E-state index contributed by atoms with van der Waals surface area (Å²) in [5.74, 6) is 1.30. The summed E-state index contributed by atoms with van der Waals surface area (Å²) in [6.45, 7) is 26.9. The van der Waals surface area contributed by atoms with E-state index in [-0.39, 0.29) is 55.6 Å². The van der Waals surface area contributed by atoms with Crippen LogP contribution in [0.5, 0.6) is 11.5 Å². The second-order valence-corrected chi connectivity index (χ2v) is 31.9. The van der Waals surface area contributed by atoms with Crippen LogP contribution in [-0.2, 0) is 27.1 Å². The molecule has 100 heavy (non-hydrogen) atoms. The third kappa shape index (κ3) is 9.33. The molecular weight excluding hydrogens is 1210 g/mol. The molecule has 4 nitrogen and oxygen atoms in total. The van der Waals surface area contributed by atoms with E-state index >= 15 is 0 Å². The zero-order valence-corrected chi connectivity index (χ0v) is 58.8. The van der Waals surface area contributed by atoms with Gasteiger partial charge in [0.25, 0.3) is 0 Å². The molecule has 0 radical (unpaired) electrons. The molecule has 3 aliphatic heterocycles. The second kappa shape index (κ2) is 22.1. The van der Waals surface area contributed by atoms with Crippen molar-refractivity contribution in [3.05, 3.63) is 323 Å². The fourth-order valence-corrected chi connectivity index (χ4v) is 16.6. The summed E-state index contributed by atoms with van der Waals surface area (Å²) in [7, 11) is 0. The van der Waals surface area contributed by atoms with Gasteiger partial charge in [-0.05, 0) is 179 Å². The molecule has 13 aromatic carbocycles. The van der Waals surface area contributed by atoms with E-state index in [1.807, 2.05) is 18.2 Å². The zero-order chi connectivity index (χ0) is 75.5. The van der Waals surface area contributed by atoms with E-state index in [0.717, 1.165) is 117 Å². The molecule has 486 valence electrons. The highest BCUT2D eigenvalue weighted by molar-refractivity contribution is 6.99.